The Balaban J connectivity index is 2.16. The van der Waals surface area contributed by atoms with Crippen LogP contribution in [0.25, 0.3) is 0 Å². The summed E-state index contributed by atoms with van der Waals surface area (Å²) in [6.07, 6.45) is 4.66. The summed E-state index contributed by atoms with van der Waals surface area (Å²) >= 11 is 5.79. The van der Waals surface area contributed by atoms with Crippen molar-refractivity contribution in [1.82, 2.24) is 9.97 Å². The van der Waals surface area contributed by atoms with Crippen molar-refractivity contribution in [2.75, 3.05) is 17.2 Å². The first-order chi connectivity index (χ1) is 9.70. The van der Waals surface area contributed by atoms with Crippen molar-refractivity contribution >= 4 is 29.0 Å². The summed E-state index contributed by atoms with van der Waals surface area (Å²) in [7, 11) is 0. The molecule has 1 aromatic heterocycles. The zero-order chi connectivity index (χ0) is 14.4. The largest absolute Gasteiger partial charge is 0.365 e. The second-order valence-corrected chi connectivity index (χ2v) is 4.32. The van der Waals surface area contributed by atoms with E-state index in [4.69, 9.17) is 11.6 Å². The molecule has 0 bridgehead atoms. The zero-order valence-electron chi connectivity index (χ0n) is 10.6. The molecule has 102 valence electrons. The minimum absolute atomic E-state index is 0.226. The second kappa shape index (κ2) is 6.68. The number of benzene rings is 1. The van der Waals surface area contributed by atoms with E-state index in [1.54, 1.807) is 30.3 Å². The van der Waals surface area contributed by atoms with Gasteiger partial charge in [-0.3, -0.25) is 4.79 Å². The van der Waals surface area contributed by atoms with Gasteiger partial charge in [0.25, 0.3) is 5.91 Å². The molecule has 0 fully saturated rings. The number of rotatable bonds is 5. The van der Waals surface area contributed by atoms with E-state index in [-0.39, 0.29) is 11.6 Å². The van der Waals surface area contributed by atoms with E-state index in [1.807, 2.05) is 0 Å². The number of hydrogen-bond donors (Lipinski definition) is 2. The van der Waals surface area contributed by atoms with Crippen LogP contribution in [0, 0.1) is 0 Å². The molecule has 0 saturated heterocycles. The SMILES string of the molecule is C=CCNc1nccnc1C(=O)Nc1ccc(Cl)cc1. The second-order valence-electron chi connectivity index (χ2n) is 3.88. The quantitative estimate of drug-likeness (QED) is 0.830. The number of nitrogens with one attached hydrogen (secondary N) is 2. The fourth-order valence-electron chi connectivity index (χ4n) is 1.53. The fourth-order valence-corrected chi connectivity index (χ4v) is 1.65. The molecule has 2 aromatic rings. The van der Waals surface area contributed by atoms with Gasteiger partial charge in [-0.2, -0.15) is 0 Å². The first-order valence-electron chi connectivity index (χ1n) is 5.93. The Morgan fingerprint density at radius 2 is 1.95 bits per heavy atom. The molecule has 5 nitrogen and oxygen atoms in total. The van der Waals surface area contributed by atoms with Crippen molar-refractivity contribution in [3.8, 4) is 0 Å². The predicted octanol–water partition coefficient (Wildman–Crippen LogP) is 2.98. The van der Waals surface area contributed by atoms with Crippen LogP contribution in [0.3, 0.4) is 0 Å². The third-order valence-electron chi connectivity index (χ3n) is 2.43. The normalized spacial score (nSPS) is 9.85. The van der Waals surface area contributed by atoms with Gasteiger partial charge in [0.2, 0.25) is 0 Å². The molecule has 0 aliphatic rings. The number of aromatic nitrogens is 2. The van der Waals surface area contributed by atoms with E-state index in [2.05, 4.69) is 27.2 Å². The molecule has 0 radical (unpaired) electrons. The van der Waals surface area contributed by atoms with Crippen molar-refractivity contribution in [2.45, 2.75) is 0 Å². The number of hydrogen-bond acceptors (Lipinski definition) is 4. The fraction of sp³-hybridized carbons (Fsp3) is 0.0714. The van der Waals surface area contributed by atoms with Crippen molar-refractivity contribution < 1.29 is 4.79 Å². The lowest BCUT2D eigenvalue weighted by atomic mass is 10.3. The van der Waals surface area contributed by atoms with Gasteiger partial charge in [0.05, 0.1) is 0 Å². The first kappa shape index (κ1) is 14.0. The first-order valence-corrected chi connectivity index (χ1v) is 6.31. The Morgan fingerprint density at radius 1 is 1.25 bits per heavy atom. The van der Waals surface area contributed by atoms with E-state index >= 15 is 0 Å². The Morgan fingerprint density at radius 3 is 2.65 bits per heavy atom. The monoisotopic (exact) mass is 288 g/mol. The molecule has 1 aromatic carbocycles. The van der Waals surface area contributed by atoms with Crippen LogP contribution >= 0.6 is 11.6 Å². The highest BCUT2D eigenvalue weighted by Gasteiger charge is 2.13. The molecule has 2 N–H and O–H groups in total. The van der Waals surface area contributed by atoms with Gasteiger partial charge < -0.3 is 10.6 Å². The van der Waals surface area contributed by atoms with Crippen LogP contribution < -0.4 is 10.6 Å². The molecular weight excluding hydrogens is 276 g/mol. The Kier molecular flexibility index (Phi) is 4.68. The van der Waals surface area contributed by atoms with Gasteiger partial charge in [-0.15, -0.1) is 6.58 Å². The number of anilines is 2. The van der Waals surface area contributed by atoms with Gasteiger partial charge >= 0.3 is 0 Å². The van der Waals surface area contributed by atoms with Gasteiger partial charge in [0, 0.05) is 29.6 Å². The number of nitrogens with zero attached hydrogens (tertiary/aromatic N) is 2. The summed E-state index contributed by atoms with van der Waals surface area (Å²) in [5.41, 5.74) is 0.865. The maximum atomic E-state index is 12.2. The van der Waals surface area contributed by atoms with E-state index in [9.17, 15) is 4.79 Å². The lowest BCUT2D eigenvalue weighted by Gasteiger charge is -2.09. The highest BCUT2D eigenvalue weighted by Crippen LogP contribution is 2.15. The van der Waals surface area contributed by atoms with Gasteiger partial charge in [-0.1, -0.05) is 17.7 Å². The van der Waals surface area contributed by atoms with Gasteiger partial charge in [-0.05, 0) is 24.3 Å². The summed E-state index contributed by atoms with van der Waals surface area (Å²) in [4.78, 5) is 20.3. The zero-order valence-corrected chi connectivity index (χ0v) is 11.4. The van der Waals surface area contributed by atoms with Crippen molar-refractivity contribution in [2.24, 2.45) is 0 Å². The van der Waals surface area contributed by atoms with Crippen LogP contribution in [0.1, 0.15) is 10.5 Å². The number of carbonyl (C=O) groups excluding carboxylic acids is 1. The molecule has 0 spiro atoms. The molecule has 6 heteroatoms. The Hall–Kier alpha value is -2.40. The van der Waals surface area contributed by atoms with Gasteiger partial charge in [0.1, 0.15) is 0 Å². The highest BCUT2D eigenvalue weighted by molar-refractivity contribution is 6.30. The topological polar surface area (TPSA) is 66.9 Å². The van der Waals surface area contributed by atoms with Crippen molar-refractivity contribution in [1.29, 1.82) is 0 Å². The molecule has 1 amide bonds. The summed E-state index contributed by atoms with van der Waals surface area (Å²) in [5, 5.41) is 6.31. The molecule has 2 rings (SSSR count). The van der Waals surface area contributed by atoms with Gasteiger partial charge in [0.15, 0.2) is 11.5 Å². The minimum atomic E-state index is -0.341. The average molecular weight is 289 g/mol. The van der Waals surface area contributed by atoms with E-state index in [0.29, 0.717) is 23.1 Å². The van der Waals surface area contributed by atoms with Gasteiger partial charge in [-0.25, -0.2) is 9.97 Å². The lowest BCUT2D eigenvalue weighted by Crippen LogP contribution is -2.17. The molecule has 0 aliphatic heterocycles. The third-order valence-corrected chi connectivity index (χ3v) is 2.68. The Labute approximate surface area is 121 Å². The molecule has 0 aliphatic carbocycles. The minimum Gasteiger partial charge on any atom is -0.365 e. The van der Waals surface area contributed by atoms with Crippen LogP contribution in [0.5, 0.6) is 0 Å². The number of carbonyl (C=O) groups is 1. The van der Waals surface area contributed by atoms with E-state index in [0.717, 1.165) is 0 Å². The highest BCUT2D eigenvalue weighted by atomic mass is 35.5. The smallest absolute Gasteiger partial charge is 0.278 e. The van der Waals surface area contributed by atoms with Crippen LogP contribution in [-0.4, -0.2) is 22.4 Å². The van der Waals surface area contributed by atoms with Crippen LogP contribution in [0.2, 0.25) is 5.02 Å². The number of halogens is 1. The molecule has 0 unspecified atom stereocenters. The molecule has 1 heterocycles. The summed E-state index contributed by atoms with van der Waals surface area (Å²) in [5.74, 6) is 0.0749. The van der Waals surface area contributed by atoms with Crippen LogP contribution in [0.4, 0.5) is 11.5 Å². The van der Waals surface area contributed by atoms with Crippen LogP contribution in [0.15, 0.2) is 49.3 Å². The van der Waals surface area contributed by atoms with E-state index < -0.39 is 0 Å². The molecule has 20 heavy (non-hydrogen) atoms. The predicted molar refractivity (Wildman–Crippen MR) is 80.1 cm³/mol. The maximum Gasteiger partial charge on any atom is 0.278 e. The van der Waals surface area contributed by atoms with Crippen molar-refractivity contribution in [3.05, 3.63) is 60.0 Å². The molecule has 0 saturated carbocycles. The maximum absolute atomic E-state index is 12.2. The van der Waals surface area contributed by atoms with Crippen molar-refractivity contribution in [3.63, 3.8) is 0 Å². The molecule has 0 atom stereocenters. The molecular formula is C14H13ClN4O. The summed E-state index contributed by atoms with van der Waals surface area (Å²) in [6.45, 7) is 4.10. The number of amides is 1. The average Bonchev–Trinajstić information content (AvgIpc) is 2.47. The summed E-state index contributed by atoms with van der Waals surface area (Å²) in [6, 6.07) is 6.83. The van der Waals surface area contributed by atoms with Crippen LogP contribution in [-0.2, 0) is 0 Å². The summed E-state index contributed by atoms with van der Waals surface area (Å²) < 4.78 is 0. The lowest BCUT2D eigenvalue weighted by molar-refractivity contribution is 0.102. The Bertz CT molecular complexity index is 613. The standard InChI is InChI=1S/C14H13ClN4O/c1-2-7-17-13-12(16-8-9-18-13)14(20)19-11-5-3-10(15)4-6-11/h2-6,8-9H,1,7H2,(H,17,18)(H,19,20). The third kappa shape index (κ3) is 3.55. The van der Waals surface area contributed by atoms with E-state index in [1.165, 1.54) is 12.4 Å².